The van der Waals surface area contributed by atoms with Gasteiger partial charge in [-0.25, -0.2) is 0 Å². The Hall–Kier alpha value is -2.08. The lowest BCUT2D eigenvalue weighted by atomic mass is 9.95. The number of fused-ring (bicyclic) bond motifs is 1. The number of aryl methyl sites for hydroxylation is 3. The Balaban J connectivity index is 1.92. The second-order valence-electron chi connectivity index (χ2n) is 6.03. The number of aromatic nitrogens is 2. The summed E-state index contributed by atoms with van der Waals surface area (Å²) in [6.45, 7) is 8.33. The molecule has 3 rings (SSSR count). The first-order valence-corrected chi connectivity index (χ1v) is 7.95. The molecule has 23 heavy (non-hydrogen) atoms. The summed E-state index contributed by atoms with van der Waals surface area (Å²) < 4.78 is 12.8. The molecule has 0 fully saturated rings. The lowest BCUT2D eigenvalue weighted by Crippen LogP contribution is -2.40. The molecule has 2 aromatic rings. The van der Waals surface area contributed by atoms with Gasteiger partial charge in [0.15, 0.2) is 0 Å². The molecule has 6 nitrogen and oxygen atoms in total. The highest BCUT2D eigenvalue weighted by Gasteiger charge is 2.32. The Kier molecular flexibility index (Phi) is 4.26. The van der Waals surface area contributed by atoms with Gasteiger partial charge < -0.3 is 14.1 Å². The van der Waals surface area contributed by atoms with E-state index in [1.807, 2.05) is 35.7 Å². The number of hydrogen-bond acceptors (Lipinski definition) is 4. The third-order valence-electron chi connectivity index (χ3n) is 4.43. The number of ether oxygens (including phenoxy) is 1. The van der Waals surface area contributed by atoms with Gasteiger partial charge in [0, 0.05) is 31.7 Å². The van der Waals surface area contributed by atoms with Gasteiger partial charge >= 0.3 is 0 Å². The van der Waals surface area contributed by atoms with Gasteiger partial charge in [0.25, 0.3) is 5.91 Å². The first-order chi connectivity index (χ1) is 11.0. The van der Waals surface area contributed by atoms with Gasteiger partial charge in [-0.15, -0.1) is 0 Å². The zero-order chi connectivity index (χ0) is 16.6. The van der Waals surface area contributed by atoms with E-state index in [1.165, 1.54) is 5.56 Å². The Morgan fingerprint density at radius 2 is 2.26 bits per heavy atom. The Morgan fingerprint density at radius 1 is 1.48 bits per heavy atom. The maximum atomic E-state index is 12.9. The molecule has 0 unspecified atom stereocenters. The van der Waals surface area contributed by atoms with Crippen LogP contribution in [0.25, 0.3) is 0 Å². The minimum absolute atomic E-state index is 0.00922. The highest BCUT2D eigenvalue weighted by molar-refractivity contribution is 5.95. The molecule has 0 aromatic carbocycles. The summed E-state index contributed by atoms with van der Waals surface area (Å²) in [5.41, 5.74) is 2.94. The monoisotopic (exact) mass is 317 g/mol. The lowest BCUT2D eigenvalue weighted by Gasteiger charge is -2.33. The fraction of sp³-hybridized carbons (Fsp3) is 0.529. The van der Waals surface area contributed by atoms with Crippen molar-refractivity contribution < 1.29 is 13.9 Å². The van der Waals surface area contributed by atoms with Crippen LogP contribution in [0.3, 0.4) is 0 Å². The van der Waals surface area contributed by atoms with Gasteiger partial charge in [0.1, 0.15) is 11.5 Å². The maximum absolute atomic E-state index is 12.9. The summed E-state index contributed by atoms with van der Waals surface area (Å²) in [4.78, 5) is 14.8. The zero-order valence-electron chi connectivity index (χ0n) is 14.1. The fourth-order valence-corrected chi connectivity index (χ4v) is 3.33. The SMILES string of the molecule is CCn1ncc2c1CN(C(=O)c1cc(C)oc1C)C[C@H]2COC. The highest BCUT2D eigenvalue weighted by Crippen LogP contribution is 2.30. The van der Waals surface area contributed by atoms with Crippen LogP contribution in [0.4, 0.5) is 0 Å². The second-order valence-corrected chi connectivity index (χ2v) is 6.03. The van der Waals surface area contributed by atoms with E-state index < -0.39 is 0 Å². The molecule has 0 bridgehead atoms. The van der Waals surface area contributed by atoms with Crippen LogP contribution in [0.2, 0.25) is 0 Å². The second kappa shape index (κ2) is 6.20. The van der Waals surface area contributed by atoms with E-state index in [-0.39, 0.29) is 11.8 Å². The molecule has 1 aliphatic rings. The van der Waals surface area contributed by atoms with E-state index in [0.717, 1.165) is 18.0 Å². The first-order valence-electron chi connectivity index (χ1n) is 7.95. The van der Waals surface area contributed by atoms with Crippen molar-refractivity contribution in [2.75, 3.05) is 20.3 Å². The summed E-state index contributed by atoms with van der Waals surface area (Å²) in [5.74, 6) is 1.59. The van der Waals surface area contributed by atoms with Crippen LogP contribution in [0.5, 0.6) is 0 Å². The molecule has 6 heteroatoms. The summed E-state index contributed by atoms with van der Waals surface area (Å²) in [7, 11) is 1.69. The minimum atomic E-state index is 0.00922. The molecule has 2 aromatic heterocycles. The van der Waals surface area contributed by atoms with Crippen LogP contribution in [0, 0.1) is 13.8 Å². The van der Waals surface area contributed by atoms with Gasteiger partial charge in [-0.05, 0) is 26.8 Å². The van der Waals surface area contributed by atoms with Crippen molar-refractivity contribution in [2.24, 2.45) is 0 Å². The van der Waals surface area contributed by atoms with Gasteiger partial charge in [0.2, 0.25) is 0 Å². The molecule has 1 amide bonds. The topological polar surface area (TPSA) is 60.5 Å². The third-order valence-corrected chi connectivity index (χ3v) is 4.43. The molecule has 0 spiro atoms. The molecular weight excluding hydrogens is 294 g/mol. The standard InChI is InChI=1S/C17H23N3O3/c1-5-20-16-9-19(8-13(10-22-4)15(16)7-18-20)17(21)14-6-11(2)23-12(14)3/h6-7,13H,5,8-10H2,1-4H3/t13-/m0/s1. The number of rotatable bonds is 4. The van der Waals surface area contributed by atoms with Crippen molar-refractivity contribution in [2.45, 2.75) is 39.8 Å². The number of carbonyl (C=O) groups excluding carboxylic acids is 1. The van der Waals surface area contributed by atoms with E-state index in [9.17, 15) is 4.79 Å². The predicted octanol–water partition coefficient (Wildman–Crippen LogP) is 2.50. The molecule has 1 atom stereocenters. The Labute approximate surface area is 136 Å². The Morgan fingerprint density at radius 3 is 2.87 bits per heavy atom. The summed E-state index contributed by atoms with van der Waals surface area (Å²) in [6.07, 6.45) is 1.91. The summed E-state index contributed by atoms with van der Waals surface area (Å²) >= 11 is 0. The van der Waals surface area contributed by atoms with Crippen LogP contribution in [-0.4, -0.2) is 40.8 Å². The fourth-order valence-electron chi connectivity index (χ4n) is 3.33. The molecule has 1 aliphatic heterocycles. The number of nitrogens with zero attached hydrogens (tertiary/aromatic N) is 3. The number of hydrogen-bond donors (Lipinski definition) is 0. The average molecular weight is 317 g/mol. The van der Waals surface area contributed by atoms with E-state index >= 15 is 0 Å². The smallest absolute Gasteiger partial charge is 0.257 e. The quantitative estimate of drug-likeness (QED) is 0.869. The minimum Gasteiger partial charge on any atom is -0.466 e. The van der Waals surface area contributed by atoms with Crippen LogP contribution in [0.1, 0.15) is 46.0 Å². The van der Waals surface area contributed by atoms with Crippen molar-refractivity contribution in [3.05, 3.63) is 40.6 Å². The zero-order valence-corrected chi connectivity index (χ0v) is 14.1. The largest absolute Gasteiger partial charge is 0.466 e. The van der Waals surface area contributed by atoms with E-state index in [0.29, 0.717) is 31.0 Å². The van der Waals surface area contributed by atoms with Gasteiger partial charge in [-0.2, -0.15) is 5.10 Å². The number of furan rings is 1. The predicted molar refractivity (Wildman–Crippen MR) is 85.4 cm³/mol. The summed E-state index contributed by atoms with van der Waals surface area (Å²) in [5, 5.41) is 4.44. The van der Waals surface area contributed by atoms with Gasteiger partial charge in [0.05, 0.1) is 30.6 Å². The normalized spacial score (nSPS) is 17.4. The van der Waals surface area contributed by atoms with Crippen molar-refractivity contribution in [1.82, 2.24) is 14.7 Å². The van der Waals surface area contributed by atoms with Gasteiger partial charge in [-0.1, -0.05) is 0 Å². The molecule has 3 heterocycles. The number of methoxy groups -OCH3 is 1. The Bertz CT molecular complexity index is 717. The highest BCUT2D eigenvalue weighted by atomic mass is 16.5. The van der Waals surface area contributed by atoms with Gasteiger partial charge in [-0.3, -0.25) is 9.48 Å². The first kappa shape index (κ1) is 15.8. The molecular formula is C17H23N3O3. The van der Waals surface area contributed by atoms with Crippen molar-refractivity contribution in [1.29, 1.82) is 0 Å². The third kappa shape index (κ3) is 2.79. The van der Waals surface area contributed by atoms with Crippen molar-refractivity contribution in [3.8, 4) is 0 Å². The number of carbonyl (C=O) groups is 1. The molecule has 0 saturated carbocycles. The molecule has 124 valence electrons. The average Bonchev–Trinajstić information content (AvgIpc) is 3.09. The number of amides is 1. The van der Waals surface area contributed by atoms with Crippen LogP contribution in [0.15, 0.2) is 16.7 Å². The van der Waals surface area contributed by atoms with E-state index in [4.69, 9.17) is 9.15 Å². The van der Waals surface area contributed by atoms with Crippen LogP contribution in [-0.2, 0) is 17.8 Å². The molecule has 0 saturated heterocycles. The van der Waals surface area contributed by atoms with E-state index in [1.54, 1.807) is 7.11 Å². The van der Waals surface area contributed by atoms with Crippen LogP contribution >= 0.6 is 0 Å². The van der Waals surface area contributed by atoms with Crippen molar-refractivity contribution in [3.63, 3.8) is 0 Å². The molecule has 0 radical (unpaired) electrons. The molecule has 0 N–H and O–H groups in total. The van der Waals surface area contributed by atoms with Crippen LogP contribution < -0.4 is 0 Å². The maximum Gasteiger partial charge on any atom is 0.257 e. The van der Waals surface area contributed by atoms with E-state index in [2.05, 4.69) is 12.0 Å². The summed E-state index contributed by atoms with van der Waals surface area (Å²) in [6, 6.07) is 1.82. The van der Waals surface area contributed by atoms with Crippen molar-refractivity contribution >= 4 is 5.91 Å². The lowest BCUT2D eigenvalue weighted by molar-refractivity contribution is 0.0672. The molecule has 0 aliphatic carbocycles.